The van der Waals surface area contributed by atoms with E-state index in [2.05, 4.69) is 10.4 Å². The number of nitrogens with zero attached hydrogens (tertiary/aromatic N) is 2. The third-order valence-electron chi connectivity index (χ3n) is 2.82. The molecule has 5 nitrogen and oxygen atoms in total. The van der Waals surface area contributed by atoms with Crippen molar-refractivity contribution in [1.82, 2.24) is 15.1 Å². The van der Waals surface area contributed by atoms with Crippen molar-refractivity contribution in [2.75, 3.05) is 24.3 Å². The minimum absolute atomic E-state index is 0.153. The Labute approximate surface area is 122 Å². The van der Waals surface area contributed by atoms with Gasteiger partial charge >= 0.3 is 0 Å². The molecule has 3 N–H and O–H groups in total. The van der Waals surface area contributed by atoms with Crippen LogP contribution in [0.5, 0.6) is 0 Å². The summed E-state index contributed by atoms with van der Waals surface area (Å²) in [6, 6.07) is 9.11. The van der Waals surface area contributed by atoms with E-state index in [1.165, 1.54) is 0 Å². The van der Waals surface area contributed by atoms with Crippen LogP contribution < -0.4 is 11.1 Å². The van der Waals surface area contributed by atoms with Gasteiger partial charge in [-0.05, 0) is 36.6 Å². The molecule has 1 heterocycles. The Bertz CT molecular complexity index is 582. The van der Waals surface area contributed by atoms with Crippen LogP contribution in [0.15, 0.2) is 36.5 Å². The normalized spacial score (nSPS) is 10.4. The first-order valence-electron chi connectivity index (χ1n) is 6.40. The van der Waals surface area contributed by atoms with Gasteiger partial charge in [-0.2, -0.15) is 16.9 Å². The Morgan fingerprint density at radius 1 is 1.40 bits per heavy atom. The van der Waals surface area contributed by atoms with E-state index in [0.717, 1.165) is 17.9 Å². The maximum atomic E-state index is 11.9. The lowest BCUT2D eigenvalue weighted by Gasteiger charge is -2.05. The van der Waals surface area contributed by atoms with Crippen molar-refractivity contribution in [1.29, 1.82) is 0 Å². The van der Waals surface area contributed by atoms with Crippen LogP contribution in [0.2, 0.25) is 0 Å². The molecular formula is C14H18N4OS. The number of benzene rings is 1. The van der Waals surface area contributed by atoms with Crippen LogP contribution >= 0.6 is 11.8 Å². The Morgan fingerprint density at radius 2 is 2.20 bits per heavy atom. The second kappa shape index (κ2) is 7.00. The average Bonchev–Trinajstić information content (AvgIpc) is 2.93. The summed E-state index contributed by atoms with van der Waals surface area (Å²) in [6.07, 6.45) is 4.75. The highest BCUT2D eigenvalue weighted by Crippen LogP contribution is 2.15. The number of carbonyl (C=O) groups excluding carboxylic acids is 1. The highest BCUT2D eigenvalue weighted by molar-refractivity contribution is 7.98. The van der Waals surface area contributed by atoms with E-state index in [0.29, 0.717) is 17.9 Å². The second-order valence-electron chi connectivity index (χ2n) is 4.31. The monoisotopic (exact) mass is 290 g/mol. The van der Waals surface area contributed by atoms with E-state index < -0.39 is 0 Å². The van der Waals surface area contributed by atoms with Crippen molar-refractivity contribution in [2.45, 2.75) is 6.42 Å². The Kier molecular flexibility index (Phi) is 5.06. The Morgan fingerprint density at radius 3 is 2.95 bits per heavy atom. The van der Waals surface area contributed by atoms with Gasteiger partial charge in [0, 0.05) is 12.7 Å². The van der Waals surface area contributed by atoms with Gasteiger partial charge in [-0.1, -0.05) is 12.1 Å². The molecule has 1 amide bonds. The molecule has 0 aliphatic carbocycles. The number of hydrogen-bond acceptors (Lipinski definition) is 4. The van der Waals surface area contributed by atoms with Gasteiger partial charge in [-0.3, -0.25) is 4.79 Å². The molecule has 1 aromatic heterocycles. The summed E-state index contributed by atoms with van der Waals surface area (Å²) >= 11 is 1.77. The summed E-state index contributed by atoms with van der Waals surface area (Å²) in [5, 5.41) is 7.11. The first-order valence-corrected chi connectivity index (χ1v) is 7.79. The van der Waals surface area contributed by atoms with Crippen LogP contribution in [0.4, 0.5) is 5.69 Å². The SMILES string of the molecule is CSCCCNC(=O)c1ccn(-c2ccccc2N)n1. The molecule has 2 rings (SSSR count). The van der Waals surface area contributed by atoms with E-state index in [1.54, 1.807) is 34.8 Å². The minimum Gasteiger partial charge on any atom is -0.397 e. The zero-order valence-corrected chi connectivity index (χ0v) is 12.2. The minimum atomic E-state index is -0.153. The fraction of sp³-hybridized carbons (Fsp3) is 0.286. The first kappa shape index (κ1) is 14.5. The van der Waals surface area contributed by atoms with Crippen LogP contribution in [0, 0.1) is 0 Å². The third-order valence-corrected chi connectivity index (χ3v) is 3.51. The molecule has 0 atom stereocenters. The Balaban J connectivity index is 2.02. The van der Waals surface area contributed by atoms with E-state index in [9.17, 15) is 4.79 Å². The van der Waals surface area contributed by atoms with Crippen molar-refractivity contribution >= 4 is 23.4 Å². The molecule has 0 spiro atoms. The third kappa shape index (κ3) is 3.54. The number of nitrogens with one attached hydrogen (secondary N) is 1. The maximum absolute atomic E-state index is 11.9. The highest BCUT2D eigenvalue weighted by Gasteiger charge is 2.10. The van der Waals surface area contributed by atoms with E-state index >= 15 is 0 Å². The lowest BCUT2D eigenvalue weighted by molar-refractivity contribution is 0.0948. The molecule has 0 aliphatic rings. The lowest BCUT2D eigenvalue weighted by Crippen LogP contribution is -2.25. The number of nitrogens with two attached hydrogens (primary N) is 1. The first-order chi connectivity index (χ1) is 9.72. The van der Waals surface area contributed by atoms with Crippen molar-refractivity contribution in [3.8, 4) is 5.69 Å². The van der Waals surface area contributed by atoms with Gasteiger partial charge in [0.1, 0.15) is 0 Å². The molecule has 1 aromatic carbocycles. The van der Waals surface area contributed by atoms with E-state index in [4.69, 9.17) is 5.73 Å². The summed E-state index contributed by atoms with van der Waals surface area (Å²) in [6.45, 7) is 0.667. The number of thioether (sulfide) groups is 1. The predicted molar refractivity (Wildman–Crippen MR) is 83.3 cm³/mol. The molecule has 6 heteroatoms. The standard InChI is InChI=1S/C14H18N4OS/c1-20-10-4-8-16-14(19)12-7-9-18(17-12)13-6-3-2-5-11(13)15/h2-3,5-7,9H,4,8,10,15H2,1H3,(H,16,19). The van der Waals surface area contributed by atoms with Gasteiger partial charge < -0.3 is 11.1 Å². The number of aromatic nitrogens is 2. The number of amides is 1. The van der Waals surface area contributed by atoms with Gasteiger partial charge in [0.25, 0.3) is 5.91 Å². The van der Waals surface area contributed by atoms with Crippen LogP contribution in [-0.2, 0) is 0 Å². The van der Waals surface area contributed by atoms with Crippen LogP contribution in [0.1, 0.15) is 16.9 Å². The molecule has 0 unspecified atom stereocenters. The predicted octanol–water partition coefficient (Wildman–Crippen LogP) is 1.94. The van der Waals surface area contributed by atoms with Gasteiger partial charge in [0.05, 0.1) is 11.4 Å². The number of nitrogen functional groups attached to an aromatic ring is 1. The summed E-state index contributed by atoms with van der Waals surface area (Å²) in [5.74, 6) is 0.884. The second-order valence-corrected chi connectivity index (χ2v) is 5.29. The zero-order chi connectivity index (χ0) is 14.4. The van der Waals surface area contributed by atoms with Gasteiger partial charge in [-0.25, -0.2) is 4.68 Å². The van der Waals surface area contributed by atoms with Gasteiger partial charge in [0.2, 0.25) is 0 Å². The summed E-state index contributed by atoms with van der Waals surface area (Å²) in [4.78, 5) is 11.9. The van der Waals surface area contributed by atoms with E-state index in [1.807, 2.05) is 24.5 Å². The molecular weight excluding hydrogens is 272 g/mol. The zero-order valence-electron chi connectivity index (χ0n) is 11.4. The van der Waals surface area contributed by atoms with Crippen molar-refractivity contribution in [3.63, 3.8) is 0 Å². The summed E-state index contributed by atoms with van der Waals surface area (Å²) in [5.41, 5.74) is 7.69. The topological polar surface area (TPSA) is 72.9 Å². The quantitative estimate of drug-likeness (QED) is 0.630. The molecule has 0 aliphatic heterocycles. The van der Waals surface area contributed by atoms with Crippen LogP contribution in [0.3, 0.4) is 0 Å². The maximum Gasteiger partial charge on any atom is 0.271 e. The molecule has 2 aromatic rings. The molecule has 0 saturated carbocycles. The highest BCUT2D eigenvalue weighted by atomic mass is 32.2. The number of rotatable bonds is 6. The van der Waals surface area contributed by atoms with E-state index in [-0.39, 0.29) is 5.91 Å². The molecule has 0 bridgehead atoms. The van der Waals surface area contributed by atoms with Crippen molar-refractivity contribution in [3.05, 3.63) is 42.2 Å². The summed E-state index contributed by atoms with van der Waals surface area (Å²) < 4.78 is 1.62. The smallest absolute Gasteiger partial charge is 0.271 e. The fourth-order valence-corrected chi connectivity index (χ4v) is 2.22. The number of hydrogen-bond donors (Lipinski definition) is 2. The molecule has 0 fully saturated rings. The average molecular weight is 290 g/mol. The number of carbonyl (C=O) groups is 1. The van der Waals surface area contributed by atoms with Crippen molar-refractivity contribution < 1.29 is 4.79 Å². The largest absolute Gasteiger partial charge is 0.397 e. The molecule has 0 saturated heterocycles. The molecule has 106 valence electrons. The van der Waals surface area contributed by atoms with Gasteiger partial charge in [-0.15, -0.1) is 0 Å². The van der Waals surface area contributed by atoms with Gasteiger partial charge in [0.15, 0.2) is 5.69 Å². The van der Waals surface area contributed by atoms with Crippen LogP contribution in [-0.4, -0.2) is 34.2 Å². The van der Waals surface area contributed by atoms with Crippen LogP contribution in [0.25, 0.3) is 5.69 Å². The lowest BCUT2D eigenvalue weighted by atomic mass is 10.3. The summed E-state index contributed by atoms with van der Waals surface area (Å²) in [7, 11) is 0. The fourth-order valence-electron chi connectivity index (χ4n) is 1.78. The number of anilines is 1. The van der Waals surface area contributed by atoms with Crippen molar-refractivity contribution in [2.24, 2.45) is 0 Å². The Hall–Kier alpha value is -1.95. The molecule has 0 radical (unpaired) electrons. The molecule has 20 heavy (non-hydrogen) atoms. The number of para-hydroxylation sites is 2.